The van der Waals surface area contributed by atoms with E-state index < -0.39 is 68.2 Å². The van der Waals surface area contributed by atoms with E-state index in [1.807, 2.05) is 45.1 Å². The van der Waals surface area contributed by atoms with Crippen LogP contribution in [0.3, 0.4) is 0 Å². The summed E-state index contributed by atoms with van der Waals surface area (Å²) in [4.78, 5) is 63.3. The molecule has 0 radical (unpaired) electrons. The molecular formula is C39H54N6O9S. The number of hydrogen-bond donors (Lipinski definition) is 3. The summed E-state index contributed by atoms with van der Waals surface area (Å²) >= 11 is 0. The van der Waals surface area contributed by atoms with Crippen LogP contribution in [0.5, 0.6) is 17.4 Å². The molecule has 55 heavy (non-hydrogen) atoms. The number of carbonyl (C=O) groups is 4. The Labute approximate surface area is 322 Å². The first-order valence-corrected chi connectivity index (χ1v) is 20.6. The minimum Gasteiger partial charge on any atom is -0.496 e. The van der Waals surface area contributed by atoms with Gasteiger partial charge in [0, 0.05) is 43.5 Å². The summed E-state index contributed by atoms with van der Waals surface area (Å²) in [5.74, 6) is -0.886. The Kier molecular flexibility index (Phi) is 11.3. The zero-order chi connectivity index (χ0) is 39.9. The highest BCUT2D eigenvalue weighted by Gasteiger charge is 2.63. The zero-order valence-corrected chi connectivity index (χ0v) is 33.6. The van der Waals surface area contributed by atoms with Crippen molar-refractivity contribution in [1.82, 2.24) is 30.1 Å². The van der Waals surface area contributed by atoms with Gasteiger partial charge in [-0.15, -0.1) is 0 Å². The predicted molar refractivity (Wildman–Crippen MR) is 205 cm³/mol. The molecule has 5 atom stereocenters. The maximum Gasteiger partial charge on any atom is 0.317 e. The standard InChI is InChI=1S/C39H54N6O9S/c1-23(2)53-32-20-31(27-15-16-30(52-7)24(3)33(27)41-32)54-26-19-29-34(46)42-39(36(48)43-55(50,51)38(4)17-18-38)21-25(39)13-11-9-8-10-12-14-28(35(47)45(29)22-26)40-37(49)44(5)6/h11,13,15-16,20,23,25-26,28-29H,8-10,12,14,17-19,21-22H2,1-7H3,(H,40,49)(H,42,46)(H,43,48). The number of aryl methyl sites for hydroxylation is 1. The first-order valence-electron chi connectivity index (χ1n) is 19.1. The van der Waals surface area contributed by atoms with Gasteiger partial charge in [0.25, 0.3) is 5.91 Å². The van der Waals surface area contributed by atoms with Crippen LogP contribution in [-0.2, 0) is 24.4 Å². The van der Waals surface area contributed by atoms with E-state index in [4.69, 9.17) is 19.2 Å². The first kappa shape index (κ1) is 40.1. The van der Waals surface area contributed by atoms with Crippen molar-refractivity contribution in [2.45, 2.75) is 120 Å². The van der Waals surface area contributed by atoms with Crippen LogP contribution in [0.25, 0.3) is 10.9 Å². The number of benzene rings is 1. The number of fused-ring (bicyclic) bond motifs is 3. The first-order chi connectivity index (χ1) is 26.0. The largest absolute Gasteiger partial charge is 0.496 e. The van der Waals surface area contributed by atoms with E-state index in [2.05, 4.69) is 15.4 Å². The third-order valence-corrected chi connectivity index (χ3v) is 13.3. The number of carbonyl (C=O) groups excluding carboxylic acids is 4. The highest BCUT2D eigenvalue weighted by Crippen LogP contribution is 2.47. The zero-order valence-electron chi connectivity index (χ0n) is 32.8. The second-order valence-corrected chi connectivity index (χ2v) is 18.2. The lowest BCUT2D eigenvalue weighted by molar-refractivity contribution is -0.141. The summed E-state index contributed by atoms with van der Waals surface area (Å²) in [6.45, 7) is 7.25. The lowest BCUT2D eigenvalue weighted by Crippen LogP contribution is -2.59. The van der Waals surface area contributed by atoms with Gasteiger partial charge in [0.15, 0.2) is 0 Å². The molecule has 2 aromatic rings. The maximum atomic E-state index is 14.5. The summed E-state index contributed by atoms with van der Waals surface area (Å²) < 4.78 is 45.8. The van der Waals surface area contributed by atoms with Crippen LogP contribution in [-0.4, -0.2) is 109 Å². The monoisotopic (exact) mass is 782 g/mol. The van der Waals surface area contributed by atoms with Crippen LogP contribution in [0.2, 0.25) is 0 Å². The van der Waals surface area contributed by atoms with Crippen molar-refractivity contribution < 1.29 is 41.8 Å². The summed E-state index contributed by atoms with van der Waals surface area (Å²) in [6.07, 6.45) is 7.40. The number of amides is 5. The van der Waals surface area contributed by atoms with Crippen molar-refractivity contribution >= 4 is 44.7 Å². The van der Waals surface area contributed by atoms with E-state index in [1.165, 1.54) is 9.80 Å². The number of urea groups is 1. The second kappa shape index (κ2) is 15.5. The molecule has 3 N–H and O–H groups in total. The van der Waals surface area contributed by atoms with Crippen molar-refractivity contribution in [3.8, 4) is 17.4 Å². The molecule has 2 aliphatic carbocycles. The van der Waals surface area contributed by atoms with E-state index in [9.17, 15) is 27.6 Å². The van der Waals surface area contributed by atoms with Gasteiger partial charge in [-0.05, 0) is 78.4 Å². The van der Waals surface area contributed by atoms with Gasteiger partial charge in [0.05, 0.1) is 30.0 Å². The van der Waals surface area contributed by atoms with Crippen molar-refractivity contribution in [3.63, 3.8) is 0 Å². The van der Waals surface area contributed by atoms with Gasteiger partial charge in [0.1, 0.15) is 35.2 Å². The van der Waals surface area contributed by atoms with Crippen LogP contribution in [0.1, 0.15) is 84.1 Å². The Bertz CT molecular complexity index is 1980. The summed E-state index contributed by atoms with van der Waals surface area (Å²) in [5, 5.41) is 6.44. The van der Waals surface area contributed by atoms with Crippen molar-refractivity contribution in [1.29, 1.82) is 0 Å². The van der Waals surface area contributed by atoms with Gasteiger partial charge in [-0.2, -0.15) is 0 Å². The number of sulfonamides is 1. The molecule has 1 saturated heterocycles. The fourth-order valence-corrected chi connectivity index (χ4v) is 8.69. The fourth-order valence-electron chi connectivity index (χ4n) is 7.38. The molecule has 2 aliphatic heterocycles. The van der Waals surface area contributed by atoms with Crippen LogP contribution in [0.15, 0.2) is 30.4 Å². The molecule has 0 spiro atoms. The van der Waals surface area contributed by atoms with Gasteiger partial charge < -0.3 is 34.6 Å². The van der Waals surface area contributed by atoms with Gasteiger partial charge in [0.2, 0.25) is 27.7 Å². The Balaban J connectivity index is 1.35. The number of aromatic nitrogens is 1. The minimum atomic E-state index is -3.99. The van der Waals surface area contributed by atoms with Crippen molar-refractivity contribution in [2.24, 2.45) is 5.92 Å². The molecule has 1 aromatic carbocycles. The average molecular weight is 783 g/mol. The number of ether oxygens (including phenoxy) is 3. The Hall–Kier alpha value is -4.60. The van der Waals surface area contributed by atoms with Crippen LogP contribution < -0.4 is 29.6 Å². The Morgan fingerprint density at radius 1 is 1.11 bits per heavy atom. The normalized spacial score (nSPS) is 26.5. The number of pyridine rings is 1. The molecule has 5 unspecified atom stereocenters. The van der Waals surface area contributed by atoms with Gasteiger partial charge in [-0.1, -0.05) is 25.0 Å². The topological polar surface area (TPSA) is 186 Å². The average Bonchev–Trinajstić information content (AvgIpc) is 4.00. The van der Waals surface area contributed by atoms with Crippen molar-refractivity contribution in [3.05, 3.63) is 35.9 Å². The minimum absolute atomic E-state index is 0.000158. The molecule has 16 heteroatoms. The molecule has 2 saturated carbocycles. The smallest absolute Gasteiger partial charge is 0.317 e. The number of allylic oxidation sites excluding steroid dienone is 1. The lowest BCUT2D eigenvalue weighted by atomic mass is 10.0. The molecule has 0 bridgehead atoms. The number of hydrogen-bond acceptors (Lipinski definition) is 10. The molecule has 4 aliphatic rings. The summed E-state index contributed by atoms with van der Waals surface area (Å²) in [6, 6.07) is 2.87. The Morgan fingerprint density at radius 2 is 1.85 bits per heavy atom. The second-order valence-electron chi connectivity index (χ2n) is 16.0. The van der Waals surface area contributed by atoms with Gasteiger partial charge in [-0.3, -0.25) is 19.1 Å². The molecule has 6 rings (SSSR count). The Morgan fingerprint density at radius 3 is 2.53 bits per heavy atom. The van der Waals surface area contributed by atoms with Crippen LogP contribution in [0, 0.1) is 12.8 Å². The third-order valence-electron chi connectivity index (χ3n) is 11.2. The van der Waals surface area contributed by atoms with Gasteiger partial charge >= 0.3 is 6.03 Å². The molecule has 300 valence electrons. The number of nitrogens with one attached hydrogen (secondary N) is 3. The van der Waals surface area contributed by atoms with E-state index in [-0.39, 0.29) is 25.5 Å². The highest BCUT2D eigenvalue weighted by molar-refractivity contribution is 7.91. The number of nitrogens with zero attached hydrogens (tertiary/aromatic N) is 3. The molecule has 5 amide bonds. The fraction of sp³-hybridized carbons (Fsp3) is 0.615. The summed E-state index contributed by atoms with van der Waals surface area (Å²) in [7, 11) is 0.762. The van der Waals surface area contributed by atoms with E-state index in [0.29, 0.717) is 60.4 Å². The van der Waals surface area contributed by atoms with E-state index in [1.54, 1.807) is 34.2 Å². The molecule has 3 fully saturated rings. The molecular weight excluding hydrogens is 729 g/mol. The van der Waals surface area contributed by atoms with Gasteiger partial charge in [-0.25, -0.2) is 18.2 Å². The van der Waals surface area contributed by atoms with Crippen LogP contribution >= 0.6 is 0 Å². The van der Waals surface area contributed by atoms with Crippen LogP contribution in [0.4, 0.5) is 4.79 Å². The van der Waals surface area contributed by atoms with Crippen molar-refractivity contribution in [2.75, 3.05) is 27.7 Å². The highest BCUT2D eigenvalue weighted by atomic mass is 32.2. The maximum absolute atomic E-state index is 14.5. The van der Waals surface area contributed by atoms with E-state index in [0.717, 1.165) is 18.4 Å². The third kappa shape index (κ3) is 8.33. The molecule has 3 heterocycles. The SMILES string of the molecule is COc1ccc2c(OC3CC4C(=O)NC5(C(=O)NS(=O)(=O)C6(C)CC6)CC5C=CCCCCCC(NC(=O)N(C)C)C(=O)N4C3)cc(OC(C)C)nc2c1C. The molecule has 15 nitrogen and oxygen atoms in total. The summed E-state index contributed by atoms with van der Waals surface area (Å²) in [5.41, 5.74) is -0.128. The lowest BCUT2D eigenvalue weighted by Gasteiger charge is -2.30. The number of rotatable bonds is 9. The number of methoxy groups -OCH3 is 1. The predicted octanol–water partition coefficient (Wildman–Crippen LogP) is 3.72. The quantitative estimate of drug-likeness (QED) is 0.317. The van der Waals surface area contributed by atoms with E-state index >= 15 is 0 Å². The molecule has 1 aromatic heterocycles.